The van der Waals surface area contributed by atoms with E-state index in [0.29, 0.717) is 27.5 Å². The molecule has 0 unspecified atom stereocenters. The molecule has 1 saturated heterocycles. The summed E-state index contributed by atoms with van der Waals surface area (Å²) in [5.41, 5.74) is 0.744. The number of methoxy groups -OCH3 is 1. The maximum Gasteiger partial charge on any atom is 0.290 e. The number of nitrogens with one attached hydrogen (secondary N) is 1. The number of amides is 2. The Balaban J connectivity index is 2.40. The molecule has 5 nitrogen and oxygen atoms in total. The van der Waals surface area contributed by atoms with Crippen LogP contribution in [-0.4, -0.2) is 24.9 Å². The fourth-order valence-electron chi connectivity index (χ4n) is 1.70. The summed E-state index contributed by atoms with van der Waals surface area (Å²) in [5.74, 6) is 0.782. The summed E-state index contributed by atoms with van der Waals surface area (Å²) >= 11 is 4.27. The molecule has 1 fully saturated rings. The van der Waals surface area contributed by atoms with Gasteiger partial charge in [-0.05, 0) is 58.4 Å². The van der Waals surface area contributed by atoms with Crippen LogP contribution in [0.5, 0.6) is 11.5 Å². The zero-order valence-corrected chi connectivity index (χ0v) is 13.3. The number of halogens is 1. The lowest BCUT2D eigenvalue weighted by Crippen LogP contribution is -2.17. The zero-order valence-electron chi connectivity index (χ0n) is 10.9. The van der Waals surface area contributed by atoms with Gasteiger partial charge >= 0.3 is 0 Å². The van der Waals surface area contributed by atoms with E-state index in [2.05, 4.69) is 21.2 Å². The summed E-state index contributed by atoms with van der Waals surface area (Å²) < 4.78 is 11.5. The molecule has 0 saturated carbocycles. The van der Waals surface area contributed by atoms with Crippen molar-refractivity contribution in [2.75, 3.05) is 13.7 Å². The monoisotopic (exact) mass is 357 g/mol. The van der Waals surface area contributed by atoms with E-state index in [-0.39, 0.29) is 11.1 Å². The lowest BCUT2D eigenvalue weighted by Gasteiger charge is -2.12. The summed E-state index contributed by atoms with van der Waals surface area (Å²) in [6.45, 7) is 2.37. The van der Waals surface area contributed by atoms with Gasteiger partial charge in [-0.25, -0.2) is 0 Å². The Morgan fingerprint density at radius 2 is 2.15 bits per heavy atom. The van der Waals surface area contributed by atoms with Crippen LogP contribution in [0.3, 0.4) is 0 Å². The average Bonchev–Trinajstić information content (AvgIpc) is 2.68. The Hall–Kier alpha value is -1.47. The summed E-state index contributed by atoms with van der Waals surface area (Å²) in [4.78, 5) is 23.0. The Bertz CT molecular complexity index is 600. The van der Waals surface area contributed by atoms with E-state index in [4.69, 9.17) is 9.47 Å². The Morgan fingerprint density at radius 1 is 1.40 bits per heavy atom. The standard InChI is InChI=1S/C13H12BrNO4S/c1-3-19-9-5-7(4-8(14)11(9)18-2)6-10-12(16)15-13(17)20-10/h4-6H,3H2,1-2H3,(H,15,16,17)/b10-6-. The van der Waals surface area contributed by atoms with Crippen molar-refractivity contribution in [3.8, 4) is 11.5 Å². The molecule has 1 heterocycles. The lowest BCUT2D eigenvalue weighted by molar-refractivity contribution is -0.115. The van der Waals surface area contributed by atoms with E-state index >= 15 is 0 Å². The van der Waals surface area contributed by atoms with E-state index in [0.717, 1.165) is 17.3 Å². The van der Waals surface area contributed by atoms with Crippen LogP contribution >= 0.6 is 27.7 Å². The van der Waals surface area contributed by atoms with Gasteiger partial charge in [0, 0.05) is 0 Å². The van der Waals surface area contributed by atoms with E-state index < -0.39 is 0 Å². The molecule has 2 rings (SSSR count). The van der Waals surface area contributed by atoms with Gasteiger partial charge in [0.1, 0.15) is 0 Å². The summed E-state index contributed by atoms with van der Waals surface area (Å²) in [7, 11) is 1.56. The molecular weight excluding hydrogens is 346 g/mol. The Morgan fingerprint density at radius 3 is 2.70 bits per heavy atom. The van der Waals surface area contributed by atoms with Gasteiger partial charge in [-0.15, -0.1) is 0 Å². The highest BCUT2D eigenvalue weighted by molar-refractivity contribution is 9.10. The van der Waals surface area contributed by atoms with Crippen molar-refractivity contribution >= 4 is 44.9 Å². The third-order valence-electron chi connectivity index (χ3n) is 2.48. The van der Waals surface area contributed by atoms with Crippen LogP contribution in [0.1, 0.15) is 12.5 Å². The lowest BCUT2D eigenvalue weighted by atomic mass is 10.2. The number of carbonyl (C=O) groups excluding carboxylic acids is 2. The minimum absolute atomic E-state index is 0.356. The van der Waals surface area contributed by atoms with Crippen LogP contribution in [0.15, 0.2) is 21.5 Å². The molecule has 1 aliphatic heterocycles. The first kappa shape index (κ1) is 14.9. The normalized spacial score (nSPS) is 16.4. The van der Waals surface area contributed by atoms with Crippen molar-refractivity contribution in [2.45, 2.75) is 6.92 Å². The molecule has 106 valence electrons. The SMILES string of the molecule is CCOc1cc(/C=C2\SC(=O)NC2=O)cc(Br)c1OC. The molecule has 0 radical (unpaired) electrons. The van der Waals surface area contributed by atoms with Crippen molar-refractivity contribution < 1.29 is 19.1 Å². The maximum atomic E-state index is 11.5. The highest BCUT2D eigenvalue weighted by Crippen LogP contribution is 2.38. The van der Waals surface area contributed by atoms with Crippen LogP contribution in [0.2, 0.25) is 0 Å². The number of imide groups is 1. The predicted octanol–water partition coefficient (Wildman–Crippen LogP) is 3.18. The van der Waals surface area contributed by atoms with Gasteiger partial charge in [0.15, 0.2) is 11.5 Å². The molecule has 0 atom stereocenters. The van der Waals surface area contributed by atoms with Crippen molar-refractivity contribution in [1.82, 2.24) is 5.32 Å². The van der Waals surface area contributed by atoms with Gasteiger partial charge in [-0.3, -0.25) is 14.9 Å². The summed E-state index contributed by atoms with van der Waals surface area (Å²) in [6, 6.07) is 3.56. The van der Waals surface area contributed by atoms with Crippen LogP contribution in [0.25, 0.3) is 6.08 Å². The number of rotatable bonds is 4. The number of hydrogen-bond donors (Lipinski definition) is 1. The Labute approximate surface area is 128 Å². The number of benzene rings is 1. The molecule has 2 amide bonds. The van der Waals surface area contributed by atoms with E-state index in [9.17, 15) is 9.59 Å². The molecule has 1 aromatic carbocycles. The molecule has 0 bridgehead atoms. The highest BCUT2D eigenvalue weighted by Gasteiger charge is 2.25. The molecule has 1 aliphatic rings. The van der Waals surface area contributed by atoms with E-state index in [1.165, 1.54) is 0 Å². The highest BCUT2D eigenvalue weighted by atomic mass is 79.9. The van der Waals surface area contributed by atoms with E-state index in [1.54, 1.807) is 25.3 Å². The number of thioether (sulfide) groups is 1. The number of ether oxygens (including phenoxy) is 2. The van der Waals surface area contributed by atoms with Crippen LogP contribution in [0, 0.1) is 0 Å². The van der Waals surface area contributed by atoms with Gasteiger partial charge in [-0.1, -0.05) is 0 Å². The second kappa shape index (κ2) is 6.32. The van der Waals surface area contributed by atoms with Gasteiger partial charge in [-0.2, -0.15) is 0 Å². The maximum absolute atomic E-state index is 11.5. The molecule has 0 aliphatic carbocycles. The second-order valence-corrected chi connectivity index (χ2v) is 5.69. The largest absolute Gasteiger partial charge is 0.492 e. The first-order valence-corrected chi connectivity index (χ1v) is 7.41. The van der Waals surface area contributed by atoms with Crippen molar-refractivity contribution in [3.63, 3.8) is 0 Å². The first-order chi connectivity index (χ1) is 9.55. The van der Waals surface area contributed by atoms with Crippen LogP contribution in [0.4, 0.5) is 4.79 Å². The Kier molecular flexibility index (Phi) is 4.72. The summed E-state index contributed by atoms with van der Waals surface area (Å²) in [5, 5.41) is 1.85. The van der Waals surface area contributed by atoms with Crippen molar-refractivity contribution in [2.24, 2.45) is 0 Å². The molecule has 0 aromatic heterocycles. The summed E-state index contributed by atoms with van der Waals surface area (Å²) in [6.07, 6.45) is 1.64. The molecule has 7 heteroatoms. The minimum Gasteiger partial charge on any atom is -0.492 e. The smallest absolute Gasteiger partial charge is 0.290 e. The molecular formula is C13H12BrNO4S. The fraction of sp³-hybridized carbons (Fsp3) is 0.231. The number of hydrogen-bond acceptors (Lipinski definition) is 5. The first-order valence-electron chi connectivity index (χ1n) is 5.80. The van der Waals surface area contributed by atoms with Crippen LogP contribution in [-0.2, 0) is 4.79 Å². The molecule has 1 N–H and O–H groups in total. The van der Waals surface area contributed by atoms with Crippen molar-refractivity contribution in [3.05, 3.63) is 27.1 Å². The predicted molar refractivity (Wildman–Crippen MR) is 81.0 cm³/mol. The quantitative estimate of drug-likeness (QED) is 0.838. The molecule has 1 aromatic rings. The van der Waals surface area contributed by atoms with Gasteiger partial charge in [0.05, 0.1) is 23.1 Å². The molecule has 20 heavy (non-hydrogen) atoms. The minimum atomic E-state index is -0.384. The van der Waals surface area contributed by atoms with E-state index in [1.807, 2.05) is 6.92 Å². The van der Waals surface area contributed by atoms with Crippen molar-refractivity contribution in [1.29, 1.82) is 0 Å². The topological polar surface area (TPSA) is 64.6 Å². The zero-order chi connectivity index (χ0) is 14.7. The molecule has 0 spiro atoms. The van der Waals surface area contributed by atoms with Gasteiger partial charge < -0.3 is 9.47 Å². The third kappa shape index (κ3) is 3.16. The average molecular weight is 358 g/mol. The third-order valence-corrected chi connectivity index (χ3v) is 3.88. The van der Waals surface area contributed by atoms with Gasteiger partial charge in [0.25, 0.3) is 11.1 Å². The van der Waals surface area contributed by atoms with Crippen LogP contribution < -0.4 is 14.8 Å². The van der Waals surface area contributed by atoms with Gasteiger partial charge in [0.2, 0.25) is 0 Å². The fourth-order valence-corrected chi connectivity index (χ4v) is 3.01. The second-order valence-electron chi connectivity index (χ2n) is 3.82. The number of carbonyl (C=O) groups is 2.